The molecule has 2 heterocycles. The van der Waals surface area contributed by atoms with Crippen LogP contribution in [0.4, 0.5) is 0 Å². The third-order valence-corrected chi connectivity index (χ3v) is 3.36. The van der Waals surface area contributed by atoms with Gasteiger partial charge in [0, 0.05) is 46.0 Å². The second-order valence-corrected chi connectivity index (χ2v) is 4.62. The molecule has 100 valence electrons. The lowest BCUT2D eigenvalue weighted by Gasteiger charge is -2.21. The molecule has 0 unspecified atom stereocenters. The first kappa shape index (κ1) is 13.0. The van der Waals surface area contributed by atoms with Crippen LogP contribution in [-0.4, -0.2) is 64.8 Å². The fraction of sp³-hybridized carbons (Fsp3) is 0.667. The summed E-state index contributed by atoms with van der Waals surface area (Å²) in [5.41, 5.74) is 6.22. The first-order chi connectivity index (χ1) is 8.72. The molecule has 2 N–H and O–H groups in total. The molecule has 1 aromatic heterocycles. The zero-order valence-corrected chi connectivity index (χ0v) is 10.9. The minimum atomic E-state index is 0.0737. The molecule has 1 aliphatic rings. The molecular formula is C12H21N5O. The van der Waals surface area contributed by atoms with Crippen molar-refractivity contribution >= 4 is 5.91 Å². The number of amides is 1. The summed E-state index contributed by atoms with van der Waals surface area (Å²) in [5.74, 6) is 0.0737. The van der Waals surface area contributed by atoms with Crippen LogP contribution in [0.15, 0.2) is 12.3 Å². The highest BCUT2D eigenvalue weighted by atomic mass is 16.2. The van der Waals surface area contributed by atoms with E-state index < -0.39 is 0 Å². The molecule has 1 amide bonds. The smallest absolute Gasteiger partial charge is 0.272 e. The fourth-order valence-corrected chi connectivity index (χ4v) is 2.33. The van der Waals surface area contributed by atoms with Crippen LogP contribution in [-0.2, 0) is 7.05 Å². The van der Waals surface area contributed by atoms with Crippen LogP contribution in [0.1, 0.15) is 16.9 Å². The average molecular weight is 251 g/mol. The van der Waals surface area contributed by atoms with Gasteiger partial charge in [-0.15, -0.1) is 0 Å². The Labute approximate surface area is 107 Å². The predicted octanol–water partition coefficient (Wildman–Crippen LogP) is -0.473. The third kappa shape index (κ3) is 2.88. The van der Waals surface area contributed by atoms with Crippen LogP contribution >= 0.6 is 0 Å². The summed E-state index contributed by atoms with van der Waals surface area (Å²) in [6, 6.07) is 1.77. The standard InChI is InChI=1S/C12H21N5O/c1-15-11(3-5-14-15)12(18)17-7-2-6-16(8-4-13)9-10-17/h3,5H,2,4,6-10,13H2,1H3. The first-order valence-corrected chi connectivity index (χ1v) is 6.42. The van der Waals surface area contributed by atoms with Crippen LogP contribution in [0, 0.1) is 0 Å². The topological polar surface area (TPSA) is 67.4 Å². The lowest BCUT2D eigenvalue weighted by atomic mass is 10.3. The van der Waals surface area contributed by atoms with Crippen LogP contribution in [0.2, 0.25) is 0 Å². The molecule has 0 spiro atoms. The quantitative estimate of drug-likeness (QED) is 0.788. The molecule has 6 nitrogen and oxygen atoms in total. The number of rotatable bonds is 3. The molecule has 0 aromatic carbocycles. The van der Waals surface area contributed by atoms with Crippen molar-refractivity contribution in [3.63, 3.8) is 0 Å². The number of hydrogen-bond donors (Lipinski definition) is 1. The van der Waals surface area contributed by atoms with E-state index in [1.807, 2.05) is 4.90 Å². The molecule has 0 radical (unpaired) electrons. The van der Waals surface area contributed by atoms with Gasteiger partial charge in [0.2, 0.25) is 0 Å². The van der Waals surface area contributed by atoms with Crippen LogP contribution in [0.25, 0.3) is 0 Å². The SMILES string of the molecule is Cn1nccc1C(=O)N1CCCN(CCN)CC1. The van der Waals surface area contributed by atoms with E-state index in [4.69, 9.17) is 5.73 Å². The molecule has 1 aromatic rings. The van der Waals surface area contributed by atoms with E-state index >= 15 is 0 Å². The molecule has 18 heavy (non-hydrogen) atoms. The van der Waals surface area contributed by atoms with Crippen molar-refractivity contribution in [2.75, 3.05) is 39.3 Å². The van der Waals surface area contributed by atoms with Gasteiger partial charge in [-0.25, -0.2) is 0 Å². The Kier molecular flexibility index (Phi) is 4.33. The number of carbonyl (C=O) groups excluding carboxylic acids is 1. The van der Waals surface area contributed by atoms with E-state index in [-0.39, 0.29) is 5.91 Å². The van der Waals surface area contributed by atoms with Crippen molar-refractivity contribution < 1.29 is 4.79 Å². The Bertz CT molecular complexity index is 403. The number of carbonyl (C=O) groups is 1. The highest BCUT2D eigenvalue weighted by molar-refractivity contribution is 5.92. The molecule has 1 fully saturated rings. The van der Waals surface area contributed by atoms with Crippen molar-refractivity contribution in [2.24, 2.45) is 12.8 Å². The normalized spacial score (nSPS) is 17.8. The summed E-state index contributed by atoms with van der Waals surface area (Å²) in [7, 11) is 1.80. The monoisotopic (exact) mass is 251 g/mol. The van der Waals surface area contributed by atoms with E-state index in [2.05, 4.69) is 10.00 Å². The molecule has 1 aliphatic heterocycles. The van der Waals surface area contributed by atoms with Gasteiger partial charge in [-0.05, 0) is 19.0 Å². The number of nitrogens with zero attached hydrogens (tertiary/aromatic N) is 4. The van der Waals surface area contributed by atoms with E-state index in [1.54, 1.807) is 24.0 Å². The van der Waals surface area contributed by atoms with Crippen molar-refractivity contribution in [2.45, 2.75) is 6.42 Å². The summed E-state index contributed by atoms with van der Waals surface area (Å²) in [6.45, 7) is 5.09. The number of aryl methyl sites for hydroxylation is 1. The Morgan fingerprint density at radius 3 is 2.89 bits per heavy atom. The maximum Gasteiger partial charge on any atom is 0.272 e. The van der Waals surface area contributed by atoms with Crippen LogP contribution < -0.4 is 5.73 Å². The predicted molar refractivity (Wildman–Crippen MR) is 69.2 cm³/mol. The molecule has 0 atom stereocenters. The largest absolute Gasteiger partial charge is 0.336 e. The second-order valence-electron chi connectivity index (χ2n) is 4.62. The maximum atomic E-state index is 12.3. The summed E-state index contributed by atoms with van der Waals surface area (Å²) < 4.78 is 1.63. The van der Waals surface area contributed by atoms with E-state index in [1.165, 1.54) is 0 Å². The zero-order valence-electron chi connectivity index (χ0n) is 10.9. The molecular weight excluding hydrogens is 230 g/mol. The van der Waals surface area contributed by atoms with Crippen molar-refractivity contribution in [1.29, 1.82) is 0 Å². The maximum absolute atomic E-state index is 12.3. The van der Waals surface area contributed by atoms with Crippen molar-refractivity contribution in [1.82, 2.24) is 19.6 Å². The molecule has 0 saturated carbocycles. The Balaban J connectivity index is 1.98. The molecule has 1 saturated heterocycles. The van der Waals surface area contributed by atoms with E-state index in [9.17, 15) is 4.79 Å². The number of hydrogen-bond acceptors (Lipinski definition) is 4. The van der Waals surface area contributed by atoms with Gasteiger partial charge in [0.1, 0.15) is 5.69 Å². The molecule has 2 rings (SSSR count). The Hall–Kier alpha value is -1.40. The van der Waals surface area contributed by atoms with Crippen LogP contribution in [0.3, 0.4) is 0 Å². The number of nitrogens with two attached hydrogens (primary N) is 1. The molecule has 0 bridgehead atoms. The summed E-state index contributed by atoms with van der Waals surface area (Å²) in [4.78, 5) is 16.5. The van der Waals surface area contributed by atoms with E-state index in [0.29, 0.717) is 12.2 Å². The van der Waals surface area contributed by atoms with Gasteiger partial charge in [0.05, 0.1) is 0 Å². The highest BCUT2D eigenvalue weighted by Gasteiger charge is 2.21. The van der Waals surface area contributed by atoms with E-state index in [0.717, 1.165) is 39.1 Å². The van der Waals surface area contributed by atoms with Gasteiger partial charge in [-0.1, -0.05) is 0 Å². The minimum absolute atomic E-state index is 0.0737. The van der Waals surface area contributed by atoms with Gasteiger partial charge in [-0.2, -0.15) is 5.10 Å². The van der Waals surface area contributed by atoms with Crippen molar-refractivity contribution in [3.8, 4) is 0 Å². The summed E-state index contributed by atoms with van der Waals surface area (Å²) >= 11 is 0. The zero-order chi connectivity index (χ0) is 13.0. The Morgan fingerprint density at radius 2 is 2.22 bits per heavy atom. The fourth-order valence-electron chi connectivity index (χ4n) is 2.33. The van der Waals surface area contributed by atoms with Gasteiger partial charge in [0.15, 0.2) is 0 Å². The van der Waals surface area contributed by atoms with Gasteiger partial charge in [-0.3, -0.25) is 9.48 Å². The van der Waals surface area contributed by atoms with Gasteiger partial charge < -0.3 is 15.5 Å². The molecule has 6 heteroatoms. The lowest BCUT2D eigenvalue weighted by molar-refractivity contribution is 0.0750. The second kappa shape index (κ2) is 5.97. The highest BCUT2D eigenvalue weighted by Crippen LogP contribution is 2.08. The summed E-state index contributed by atoms with van der Waals surface area (Å²) in [6.07, 6.45) is 2.66. The van der Waals surface area contributed by atoms with Crippen molar-refractivity contribution in [3.05, 3.63) is 18.0 Å². The first-order valence-electron chi connectivity index (χ1n) is 6.42. The van der Waals surface area contributed by atoms with Gasteiger partial charge in [0.25, 0.3) is 5.91 Å². The van der Waals surface area contributed by atoms with Crippen LogP contribution in [0.5, 0.6) is 0 Å². The minimum Gasteiger partial charge on any atom is -0.336 e. The third-order valence-electron chi connectivity index (χ3n) is 3.36. The van der Waals surface area contributed by atoms with Gasteiger partial charge >= 0.3 is 0 Å². The number of aromatic nitrogens is 2. The lowest BCUT2D eigenvalue weighted by Crippen LogP contribution is -2.37. The molecule has 0 aliphatic carbocycles. The Morgan fingerprint density at radius 1 is 1.39 bits per heavy atom. The summed E-state index contributed by atoms with van der Waals surface area (Å²) in [5, 5.41) is 4.04. The average Bonchev–Trinajstić information content (AvgIpc) is 2.64.